The van der Waals surface area contributed by atoms with Crippen LogP contribution in [0.3, 0.4) is 0 Å². The van der Waals surface area contributed by atoms with Gasteiger partial charge >= 0.3 is 0 Å². The van der Waals surface area contributed by atoms with Gasteiger partial charge in [0, 0.05) is 6.54 Å². The van der Waals surface area contributed by atoms with Gasteiger partial charge < -0.3 is 5.32 Å². The second kappa shape index (κ2) is 7.19. The molecule has 12 heavy (non-hydrogen) atoms. The van der Waals surface area contributed by atoms with Crippen molar-refractivity contribution in [1.82, 2.24) is 5.32 Å². The molecule has 0 radical (unpaired) electrons. The van der Waals surface area contributed by atoms with Crippen LogP contribution in [0.1, 0.15) is 13.8 Å². The lowest BCUT2D eigenvalue weighted by Crippen LogP contribution is -2.08. The molecule has 0 unspecified atom stereocenters. The predicted octanol–water partition coefficient (Wildman–Crippen LogP) is 2.54. The second-order valence-corrected chi connectivity index (χ2v) is 3.29. The normalized spacial score (nSPS) is 14.3. The summed E-state index contributed by atoms with van der Waals surface area (Å²) in [6.45, 7) is 4.87. The molecule has 1 N–H and O–H groups in total. The third-order valence-electron chi connectivity index (χ3n) is 1.30. The molecule has 0 spiro atoms. The minimum atomic E-state index is 0.891. The van der Waals surface area contributed by atoms with Crippen LogP contribution in [0.4, 0.5) is 0 Å². The van der Waals surface area contributed by atoms with Crippen LogP contribution in [0.5, 0.6) is 0 Å². The van der Waals surface area contributed by atoms with Crippen molar-refractivity contribution in [2.45, 2.75) is 13.8 Å². The van der Waals surface area contributed by atoms with E-state index in [2.05, 4.69) is 30.1 Å². The average Bonchev–Trinajstić information content (AvgIpc) is 2.01. The zero-order chi connectivity index (χ0) is 9.40. The van der Waals surface area contributed by atoms with E-state index in [-0.39, 0.29) is 0 Å². The van der Waals surface area contributed by atoms with Gasteiger partial charge in [-0.3, -0.25) is 0 Å². The highest BCUT2D eigenvalue weighted by atomic mass is 32.1. The Kier molecular flexibility index (Phi) is 6.91. The molecule has 0 aliphatic rings. The SMILES string of the molecule is C\C=C/C(=C/C=C(\C)S)CNC. The number of hydrogen-bond donors (Lipinski definition) is 2. The largest absolute Gasteiger partial charge is 0.316 e. The highest BCUT2D eigenvalue weighted by Crippen LogP contribution is 2.01. The Morgan fingerprint density at radius 2 is 2.08 bits per heavy atom. The molecule has 0 aromatic carbocycles. The average molecular weight is 183 g/mol. The maximum absolute atomic E-state index is 4.18. The van der Waals surface area contributed by atoms with Gasteiger partial charge in [-0.25, -0.2) is 0 Å². The summed E-state index contributed by atoms with van der Waals surface area (Å²) in [5, 5.41) is 3.10. The minimum Gasteiger partial charge on any atom is -0.316 e. The van der Waals surface area contributed by atoms with Crippen LogP contribution in [0.25, 0.3) is 0 Å². The van der Waals surface area contributed by atoms with Crippen LogP contribution in [0, 0.1) is 0 Å². The maximum atomic E-state index is 4.18. The first-order valence-corrected chi connectivity index (χ1v) is 4.49. The molecule has 0 aliphatic heterocycles. The van der Waals surface area contributed by atoms with E-state index in [1.165, 1.54) is 5.57 Å². The molecular formula is C10H17NS. The molecule has 0 saturated heterocycles. The lowest BCUT2D eigenvalue weighted by Gasteiger charge is -1.98. The summed E-state index contributed by atoms with van der Waals surface area (Å²) in [4.78, 5) is 1.02. The number of thiol groups is 1. The van der Waals surface area contributed by atoms with Crippen molar-refractivity contribution in [3.63, 3.8) is 0 Å². The summed E-state index contributed by atoms with van der Waals surface area (Å²) < 4.78 is 0. The van der Waals surface area contributed by atoms with Gasteiger partial charge in [0.15, 0.2) is 0 Å². The van der Waals surface area contributed by atoms with Gasteiger partial charge in [0.1, 0.15) is 0 Å². The van der Waals surface area contributed by atoms with Crippen molar-refractivity contribution < 1.29 is 0 Å². The van der Waals surface area contributed by atoms with E-state index in [1.807, 2.05) is 33.0 Å². The van der Waals surface area contributed by atoms with Gasteiger partial charge in [-0.15, -0.1) is 12.6 Å². The third-order valence-corrected chi connectivity index (χ3v) is 1.45. The van der Waals surface area contributed by atoms with Crippen molar-refractivity contribution in [1.29, 1.82) is 0 Å². The number of likely N-dealkylation sites (N-methyl/N-ethyl adjacent to an activating group) is 1. The summed E-state index contributed by atoms with van der Waals surface area (Å²) >= 11 is 4.18. The number of hydrogen-bond acceptors (Lipinski definition) is 2. The van der Waals surface area contributed by atoms with Crippen LogP contribution >= 0.6 is 12.6 Å². The standard InChI is InChI=1S/C10H17NS/c1-4-5-10(8-11-3)7-6-9(2)12/h4-7,11-12H,8H2,1-3H3/b5-4-,9-6+,10-7-. The van der Waals surface area contributed by atoms with Gasteiger partial charge in [0.2, 0.25) is 0 Å². The molecule has 0 atom stereocenters. The van der Waals surface area contributed by atoms with Crippen LogP contribution in [0.2, 0.25) is 0 Å². The number of nitrogens with one attached hydrogen (secondary N) is 1. The maximum Gasteiger partial charge on any atom is 0.0202 e. The van der Waals surface area contributed by atoms with Crippen molar-refractivity contribution >= 4 is 12.6 Å². The van der Waals surface area contributed by atoms with Crippen molar-refractivity contribution in [3.8, 4) is 0 Å². The van der Waals surface area contributed by atoms with Crippen molar-refractivity contribution in [2.24, 2.45) is 0 Å². The van der Waals surface area contributed by atoms with E-state index in [1.54, 1.807) is 0 Å². The van der Waals surface area contributed by atoms with Crippen molar-refractivity contribution in [2.75, 3.05) is 13.6 Å². The van der Waals surface area contributed by atoms with Crippen molar-refractivity contribution in [3.05, 3.63) is 34.8 Å². The smallest absolute Gasteiger partial charge is 0.0202 e. The predicted molar refractivity (Wildman–Crippen MR) is 59.6 cm³/mol. The number of rotatable bonds is 4. The summed E-state index contributed by atoms with van der Waals surface area (Å²) in [6, 6.07) is 0. The topological polar surface area (TPSA) is 12.0 Å². The summed E-state index contributed by atoms with van der Waals surface area (Å²) in [5.41, 5.74) is 1.26. The van der Waals surface area contributed by atoms with Crippen LogP contribution in [-0.2, 0) is 0 Å². The fraction of sp³-hybridized carbons (Fsp3) is 0.400. The lowest BCUT2D eigenvalue weighted by atomic mass is 10.2. The Bertz CT molecular complexity index is 198. The zero-order valence-corrected chi connectivity index (χ0v) is 8.86. The van der Waals surface area contributed by atoms with E-state index < -0.39 is 0 Å². The first-order chi connectivity index (χ1) is 5.70. The molecule has 68 valence electrons. The highest BCUT2D eigenvalue weighted by Gasteiger charge is 1.86. The Labute approximate surface area is 80.7 Å². The molecule has 0 rings (SSSR count). The fourth-order valence-corrected chi connectivity index (χ4v) is 0.894. The molecule has 1 nitrogen and oxygen atoms in total. The molecule has 0 saturated carbocycles. The van der Waals surface area contributed by atoms with E-state index in [4.69, 9.17) is 0 Å². The Hall–Kier alpha value is -0.470. The fourth-order valence-electron chi connectivity index (χ4n) is 0.819. The van der Waals surface area contributed by atoms with Gasteiger partial charge in [-0.1, -0.05) is 24.3 Å². The van der Waals surface area contributed by atoms with Gasteiger partial charge in [-0.2, -0.15) is 0 Å². The lowest BCUT2D eigenvalue weighted by molar-refractivity contribution is 0.895. The first-order valence-electron chi connectivity index (χ1n) is 4.04. The molecule has 0 bridgehead atoms. The van der Waals surface area contributed by atoms with Crippen LogP contribution < -0.4 is 5.32 Å². The quantitative estimate of drug-likeness (QED) is 0.504. The molecule has 0 fully saturated rings. The minimum absolute atomic E-state index is 0.891. The molecule has 2 heteroatoms. The summed E-state index contributed by atoms with van der Waals surface area (Å²) in [7, 11) is 1.94. The highest BCUT2D eigenvalue weighted by molar-refractivity contribution is 7.84. The Morgan fingerprint density at radius 3 is 2.50 bits per heavy atom. The molecule has 0 amide bonds. The van der Waals surface area contributed by atoms with Gasteiger partial charge in [-0.05, 0) is 31.4 Å². The molecular weight excluding hydrogens is 166 g/mol. The summed E-state index contributed by atoms with van der Waals surface area (Å²) in [5.74, 6) is 0. The van der Waals surface area contributed by atoms with Gasteiger partial charge in [0.25, 0.3) is 0 Å². The monoisotopic (exact) mass is 183 g/mol. The molecule has 0 heterocycles. The van der Waals surface area contributed by atoms with E-state index >= 15 is 0 Å². The molecule has 0 aromatic heterocycles. The van der Waals surface area contributed by atoms with Crippen LogP contribution in [0.15, 0.2) is 34.8 Å². The van der Waals surface area contributed by atoms with E-state index in [0.717, 1.165) is 11.4 Å². The van der Waals surface area contributed by atoms with Crippen LogP contribution in [-0.4, -0.2) is 13.6 Å². The third kappa shape index (κ3) is 6.25. The molecule has 0 aromatic rings. The van der Waals surface area contributed by atoms with E-state index in [9.17, 15) is 0 Å². The van der Waals surface area contributed by atoms with Gasteiger partial charge in [0.05, 0.1) is 0 Å². The Morgan fingerprint density at radius 1 is 1.42 bits per heavy atom. The number of allylic oxidation sites excluding steroid dienone is 4. The Balaban J connectivity index is 4.27. The molecule has 0 aliphatic carbocycles. The zero-order valence-electron chi connectivity index (χ0n) is 7.96. The second-order valence-electron chi connectivity index (χ2n) is 2.58. The van der Waals surface area contributed by atoms with E-state index in [0.29, 0.717) is 0 Å². The summed E-state index contributed by atoms with van der Waals surface area (Å²) in [6.07, 6.45) is 8.18. The first kappa shape index (κ1) is 11.5.